The van der Waals surface area contributed by atoms with Crippen LogP contribution in [0.1, 0.15) is 32.3 Å². The van der Waals surface area contributed by atoms with Gasteiger partial charge < -0.3 is 10.2 Å². The summed E-state index contributed by atoms with van der Waals surface area (Å²) < 4.78 is 1.05. The number of likely N-dealkylation sites (N-methyl/N-ethyl adjacent to an activating group) is 2. The topological polar surface area (TPSA) is 31.4 Å². The fourth-order valence-electron chi connectivity index (χ4n) is 3.13. The molecular weight excluding hydrogens is 328 g/mol. The Morgan fingerprint density at radius 1 is 1.48 bits per heavy atom. The third-order valence-electron chi connectivity index (χ3n) is 4.23. The second kappa shape index (κ2) is 8.11. The van der Waals surface area contributed by atoms with Gasteiger partial charge in [-0.15, -0.1) is 0 Å². The molecule has 2 rings (SSSR count). The number of nitrogens with zero attached hydrogens (tertiary/aromatic N) is 3. The van der Waals surface area contributed by atoms with E-state index in [1.807, 2.05) is 6.20 Å². The number of likely N-dealkylation sites (tertiary alicyclic amines) is 1. The number of anilines is 1. The Morgan fingerprint density at radius 2 is 2.29 bits per heavy atom. The molecule has 0 aliphatic carbocycles. The molecule has 1 unspecified atom stereocenters. The zero-order chi connectivity index (χ0) is 15.2. The van der Waals surface area contributed by atoms with E-state index in [1.54, 1.807) is 0 Å². The molecular formula is C16H27BrN4. The molecule has 1 atom stereocenters. The molecule has 4 nitrogen and oxygen atoms in total. The van der Waals surface area contributed by atoms with Crippen molar-refractivity contribution in [2.24, 2.45) is 0 Å². The van der Waals surface area contributed by atoms with Gasteiger partial charge in [0.05, 0.1) is 0 Å². The van der Waals surface area contributed by atoms with Gasteiger partial charge in [0.25, 0.3) is 0 Å². The minimum absolute atomic E-state index is 0.664. The molecule has 1 aliphatic rings. The van der Waals surface area contributed by atoms with Gasteiger partial charge in [0.1, 0.15) is 5.82 Å². The summed E-state index contributed by atoms with van der Waals surface area (Å²) in [4.78, 5) is 9.54. The Balaban J connectivity index is 2.08. The van der Waals surface area contributed by atoms with Gasteiger partial charge >= 0.3 is 0 Å². The van der Waals surface area contributed by atoms with Crippen LogP contribution in [-0.4, -0.2) is 49.2 Å². The second-order valence-corrected chi connectivity index (χ2v) is 6.64. The van der Waals surface area contributed by atoms with E-state index in [1.165, 1.54) is 24.9 Å². The van der Waals surface area contributed by atoms with Crippen LogP contribution in [0.3, 0.4) is 0 Å². The van der Waals surface area contributed by atoms with Crippen molar-refractivity contribution in [3.8, 4) is 0 Å². The number of pyridine rings is 1. The molecule has 1 N–H and O–H groups in total. The van der Waals surface area contributed by atoms with Gasteiger partial charge in [0.15, 0.2) is 0 Å². The summed E-state index contributed by atoms with van der Waals surface area (Å²) in [6, 6.07) is 2.84. The summed E-state index contributed by atoms with van der Waals surface area (Å²) in [6.07, 6.45) is 4.52. The number of rotatable bonds is 7. The highest BCUT2D eigenvalue weighted by atomic mass is 79.9. The summed E-state index contributed by atoms with van der Waals surface area (Å²) in [5, 5.41) is 3.40. The molecule has 1 aromatic heterocycles. The lowest BCUT2D eigenvalue weighted by Gasteiger charge is -2.29. The molecule has 0 spiro atoms. The zero-order valence-corrected chi connectivity index (χ0v) is 15.0. The minimum atomic E-state index is 0.664. The molecule has 0 amide bonds. The Hall–Kier alpha value is -0.650. The third kappa shape index (κ3) is 4.41. The average molecular weight is 355 g/mol. The molecule has 0 aromatic carbocycles. The number of aromatic nitrogens is 1. The molecule has 1 aliphatic heterocycles. The largest absolute Gasteiger partial charge is 0.358 e. The Kier molecular flexibility index (Phi) is 6.45. The van der Waals surface area contributed by atoms with E-state index >= 15 is 0 Å². The van der Waals surface area contributed by atoms with Crippen LogP contribution in [0.25, 0.3) is 0 Å². The smallest absolute Gasteiger partial charge is 0.132 e. The van der Waals surface area contributed by atoms with Crippen molar-refractivity contribution in [3.05, 3.63) is 22.3 Å². The van der Waals surface area contributed by atoms with E-state index in [2.05, 4.69) is 63.0 Å². The van der Waals surface area contributed by atoms with Gasteiger partial charge in [0, 0.05) is 42.4 Å². The quantitative estimate of drug-likeness (QED) is 0.815. The molecule has 1 saturated heterocycles. The number of nitrogens with one attached hydrogen (secondary N) is 1. The van der Waals surface area contributed by atoms with E-state index in [0.717, 1.165) is 36.5 Å². The molecule has 0 saturated carbocycles. The van der Waals surface area contributed by atoms with Crippen LogP contribution in [0.15, 0.2) is 16.7 Å². The van der Waals surface area contributed by atoms with Gasteiger partial charge in [-0.2, -0.15) is 0 Å². The summed E-state index contributed by atoms with van der Waals surface area (Å²) in [7, 11) is 2.16. The Bertz CT molecular complexity index is 452. The SMILES string of the molecule is CCNCc1cc(Br)cnc1N(C)CC1CCCN1CC. The van der Waals surface area contributed by atoms with Crippen LogP contribution in [0.4, 0.5) is 5.82 Å². The summed E-state index contributed by atoms with van der Waals surface area (Å²) in [6.45, 7) is 9.68. The lowest BCUT2D eigenvalue weighted by molar-refractivity contribution is 0.270. The van der Waals surface area contributed by atoms with Crippen molar-refractivity contribution in [1.82, 2.24) is 15.2 Å². The van der Waals surface area contributed by atoms with E-state index in [0.29, 0.717) is 6.04 Å². The Labute approximate surface area is 137 Å². The summed E-state index contributed by atoms with van der Waals surface area (Å²) in [5.41, 5.74) is 1.26. The first-order valence-electron chi connectivity index (χ1n) is 7.96. The maximum absolute atomic E-state index is 4.64. The van der Waals surface area contributed by atoms with Gasteiger partial charge in [-0.25, -0.2) is 4.98 Å². The normalized spacial score (nSPS) is 19.1. The zero-order valence-electron chi connectivity index (χ0n) is 13.4. The molecule has 5 heteroatoms. The molecule has 0 radical (unpaired) electrons. The molecule has 1 aromatic rings. The van der Waals surface area contributed by atoms with Crippen LogP contribution >= 0.6 is 15.9 Å². The Morgan fingerprint density at radius 3 is 3.00 bits per heavy atom. The highest BCUT2D eigenvalue weighted by Gasteiger charge is 2.25. The molecule has 118 valence electrons. The summed E-state index contributed by atoms with van der Waals surface area (Å²) in [5.74, 6) is 1.10. The fraction of sp³-hybridized carbons (Fsp3) is 0.688. The van der Waals surface area contributed by atoms with Gasteiger partial charge in [0.2, 0.25) is 0 Å². The first-order chi connectivity index (χ1) is 10.2. The maximum Gasteiger partial charge on any atom is 0.132 e. The standard InChI is InChI=1S/C16H27BrN4/c1-4-18-10-13-9-14(17)11-19-16(13)20(3)12-15-7-6-8-21(15)5-2/h9,11,15,18H,4-8,10,12H2,1-3H3. The predicted octanol–water partition coefficient (Wildman–Crippen LogP) is 2.87. The van der Waals surface area contributed by atoms with Crippen molar-refractivity contribution in [3.63, 3.8) is 0 Å². The van der Waals surface area contributed by atoms with Crippen molar-refractivity contribution < 1.29 is 0 Å². The van der Waals surface area contributed by atoms with Gasteiger partial charge in [-0.05, 0) is 54.5 Å². The van der Waals surface area contributed by atoms with E-state index in [4.69, 9.17) is 0 Å². The first-order valence-corrected chi connectivity index (χ1v) is 8.75. The number of halogens is 1. The average Bonchev–Trinajstić information content (AvgIpc) is 2.92. The van der Waals surface area contributed by atoms with Gasteiger partial charge in [-0.3, -0.25) is 4.90 Å². The molecule has 21 heavy (non-hydrogen) atoms. The second-order valence-electron chi connectivity index (χ2n) is 5.72. The van der Waals surface area contributed by atoms with Crippen LogP contribution in [0.2, 0.25) is 0 Å². The highest BCUT2D eigenvalue weighted by molar-refractivity contribution is 9.10. The number of hydrogen-bond acceptors (Lipinski definition) is 4. The molecule has 1 fully saturated rings. The van der Waals surface area contributed by atoms with E-state index in [-0.39, 0.29) is 0 Å². The van der Waals surface area contributed by atoms with Gasteiger partial charge in [-0.1, -0.05) is 13.8 Å². The monoisotopic (exact) mass is 354 g/mol. The summed E-state index contributed by atoms with van der Waals surface area (Å²) >= 11 is 3.53. The van der Waals surface area contributed by atoms with Crippen LogP contribution in [0, 0.1) is 0 Å². The fourth-order valence-corrected chi connectivity index (χ4v) is 3.51. The van der Waals surface area contributed by atoms with E-state index in [9.17, 15) is 0 Å². The minimum Gasteiger partial charge on any atom is -0.358 e. The predicted molar refractivity (Wildman–Crippen MR) is 92.9 cm³/mol. The lowest BCUT2D eigenvalue weighted by Crippen LogP contribution is -2.39. The van der Waals surface area contributed by atoms with Crippen molar-refractivity contribution in [2.45, 2.75) is 39.3 Å². The maximum atomic E-state index is 4.64. The highest BCUT2D eigenvalue weighted by Crippen LogP contribution is 2.24. The molecule has 2 heterocycles. The van der Waals surface area contributed by atoms with Crippen molar-refractivity contribution in [2.75, 3.05) is 38.1 Å². The lowest BCUT2D eigenvalue weighted by atomic mass is 10.2. The van der Waals surface area contributed by atoms with Crippen LogP contribution in [0.5, 0.6) is 0 Å². The van der Waals surface area contributed by atoms with Crippen molar-refractivity contribution in [1.29, 1.82) is 0 Å². The molecule has 0 bridgehead atoms. The van der Waals surface area contributed by atoms with Crippen molar-refractivity contribution >= 4 is 21.7 Å². The van der Waals surface area contributed by atoms with E-state index < -0.39 is 0 Å². The first kappa shape index (κ1) is 16.7. The van der Waals surface area contributed by atoms with Crippen LogP contribution < -0.4 is 10.2 Å². The third-order valence-corrected chi connectivity index (χ3v) is 4.66. The van der Waals surface area contributed by atoms with Crippen LogP contribution in [-0.2, 0) is 6.54 Å². The number of hydrogen-bond donors (Lipinski definition) is 1.